The van der Waals surface area contributed by atoms with E-state index in [4.69, 9.17) is 21.4 Å². The second kappa shape index (κ2) is 9.99. The summed E-state index contributed by atoms with van der Waals surface area (Å²) in [5, 5.41) is 11.6. The highest BCUT2D eigenvalue weighted by molar-refractivity contribution is 6.25. The number of hydrogen-bond acceptors (Lipinski definition) is 3. The normalized spacial score (nSPS) is 12.1. The van der Waals surface area contributed by atoms with E-state index >= 15 is 0 Å². The molecule has 0 aromatic carbocycles. The van der Waals surface area contributed by atoms with Crippen LogP contribution in [0.2, 0.25) is 0 Å². The molecule has 0 bridgehead atoms. The Bertz CT molecular complexity index is 140. The molecule has 0 saturated heterocycles. The second-order valence-electron chi connectivity index (χ2n) is 2.82. The second-order valence-corrected chi connectivity index (χ2v) is 3.04. The maximum Gasteiger partial charge on any atom is 0.0697 e. The van der Waals surface area contributed by atoms with Crippen molar-refractivity contribution in [2.24, 2.45) is 0 Å². The summed E-state index contributed by atoms with van der Waals surface area (Å²) in [6, 6.07) is 0. The molecule has 0 rings (SSSR count). The first-order valence-electron chi connectivity index (χ1n) is 4.46. The molecule has 0 heterocycles. The molecule has 0 aliphatic rings. The van der Waals surface area contributed by atoms with Crippen LogP contribution < -0.4 is 5.32 Å². The molecule has 0 unspecified atom stereocenters. The lowest BCUT2D eigenvalue weighted by atomic mass is 10.3. The van der Waals surface area contributed by atoms with Gasteiger partial charge in [0, 0.05) is 18.7 Å². The average Bonchev–Trinajstić information content (AvgIpc) is 2.16. The Kier molecular flexibility index (Phi) is 9.92. The zero-order valence-electron chi connectivity index (χ0n) is 8.05. The van der Waals surface area contributed by atoms with Crippen molar-refractivity contribution in [1.82, 2.24) is 5.32 Å². The Labute approximate surface area is 84.7 Å². The Hall–Kier alpha value is -0.0900. The van der Waals surface area contributed by atoms with Crippen molar-refractivity contribution in [3.8, 4) is 0 Å². The van der Waals surface area contributed by atoms with E-state index < -0.39 is 0 Å². The first-order chi connectivity index (χ1) is 6.31. The Morgan fingerprint density at radius 2 is 2.31 bits per heavy atom. The SMILES string of the molecule is CC(=CCl)CNCCCOCCO. The number of halogens is 1. The first kappa shape index (κ1) is 12.9. The van der Waals surface area contributed by atoms with Gasteiger partial charge in [-0.25, -0.2) is 0 Å². The molecule has 0 aromatic rings. The summed E-state index contributed by atoms with van der Waals surface area (Å²) in [6.45, 7) is 4.93. The summed E-state index contributed by atoms with van der Waals surface area (Å²) in [7, 11) is 0. The highest BCUT2D eigenvalue weighted by Gasteiger charge is 1.90. The third-order valence-electron chi connectivity index (χ3n) is 1.47. The highest BCUT2D eigenvalue weighted by Crippen LogP contribution is 1.91. The largest absolute Gasteiger partial charge is 0.394 e. The fourth-order valence-electron chi connectivity index (χ4n) is 0.790. The summed E-state index contributed by atoms with van der Waals surface area (Å²) < 4.78 is 5.09. The number of hydrogen-bond donors (Lipinski definition) is 2. The molecule has 0 aromatic heterocycles. The molecule has 0 saturated carbocycles. The van der Waals surface area contributed by atoms with Crippen LogP contribution in [-0.4, -0.2) is 38.0 Å². The molecule has 0 fully saturated rings. The van der Waals surface area contributed by atoms with Gasteiger partial charge in [-0.15, -0.1) is 0 Å². The van der Waals surface area contributed by atoms with E-state index in [1.165, 1.54) is 0 Å². The fraction of sp³-hybridized carbons (Fsp3) is 0.778. The van der Waals surface area contributed by atoms with Gasteiger partial charge in [0.15, 0.2) is 0 Å². The van der Waals surface area contributed by atoms with E-state index in [-0.39, 0.29) is 6.61 Å². The van der Waals surface area contributed by atoms with Gasteiger partial charge in [0.1, 0.15) is 0 Å². The molecular formula is C9H18ClNO2. The predicted molar refractivity (Wildman–Crippen MR) is 55.0 cm³/mol. The molecule has 4 heteroatoms. The van der Waals surface area contributed by atoms with Crippen LogP contribution in [0.5, 0.6) is 0 Å². The van der Waals surface area contributed by atoms with Crippen molar-refractivity contribution in [2.75, 3.05) is 32.9 Å². The highest BCUT2D eigenvalue weighted by atomic mass is 35.5. The van der Waals surface area contributed by atoms with E-state index in [0.29, 0.717) is 13.2 Å². The van der Waals surface area contributed by atoms with Gasteiger partial charge >= 0.3 is 0 Å². The first-order valence-corrected chi connectivity index (χ1v) is 4.90. The lowest BCUT2D eigenvalue weighted by molar-refractivity contribution is 0.0908. The lowest BCUT2D eigenvalue weighted by Crippen LogP contribution is -2.19. The topological polar surface area (TPSA) is 41.5 Å². The number of aliphatic hydroxyl groups excluding tert-OH is 1. The monoisotopic (exact) mass is 207 g/mol. The van der Waals surface area contributed by atoms with E-state index in [1.54, 1.807) is 5.54 Å². The molecule has 2 N–H and O–H groups in total. The van der Waals surface area contributed by atoms with Gasteiger partial charge < -0.3 is 15.2 Å². The van der Waals surface area contributed by atoms with Gasteiger partial charge in [0.05, 0.1) is 13.2 Å². The molecule has 0 radical (unpaired) electrons. The molecule has 0 spiro atoms. The van der Waals surface area contributed by atoms with Crippen LogP contribution in [0.25, 0.3) is 0 Å². The van der Waals surface area contributed by atoms with Gasteiger partial charge in [0.2, 0.25) is 0 Å². The van der Waals surface area contributed by atoms with Gasteiger partial charge in [-0.2, -0.15) is 0 Å². The zero-order valence-corrected chi connectivity index (χ0v) is 8.81. The Morgan fingerprint density at radius 1 is 1.54 bits per heavy atom. The van der Waals surface area contributed by atoms with Crippen molar-refractivity contribution in [1.29, 1.82) is 0 Å². The summed E-state index contributed by atoms with van der Waals surface area (Å²) in [5.41, 5.74) is 2.70. The Morgan fingerprint density at radius 3 is 2.92 bits per heavy atom. The van der Waals surface area contributed by atoms with Crippen molar-refractivity contribution >= 4 is 11.6 Å². The maximum absolute atomic E-state index is 8.41. The van der Waals surface area contributed by atoms with Crippen LogP contribution in [0.3, 0.4) is 0 Å². The van der Waals surface area contributed by atoms with Crippen LogP contribution in [0.15, 0.2) is 11.1 Å². The van der Waals surface area contributed by atoms with Crippen LogP contribution >= 0.6 is 11.6 Å². The molecule has 13 heavy (non-hydrogen) atoms. The summed E-state index contributed by atoms with van der Waals surface area (Å²) in [4.78, 5) is 0. The van der Waals surface area contributed by atoms with Gasteiger partial charge in [0.25, 0.3) is 0 Å². The van der Waals surface area contributed by atoms with E-state index in [9.17, 15) is 0 Å². The number of ether oxygens (including phenoxy) is 1. The van der Waals surface area contributed by atoms with Gasteiger partial charge in [-0.1, -0.05) is 11.6 Å². The molecule has 0 atom stereocenters. The number of rotatable bonds is 8. The third kappa shape index (κ3) is 9.83. The maximum atomic E-state index is 8.41. The average molecular weight is 208 g/mol. The summed E-state index contributed by atoms with van der Waals surface area (Å²) in [5.74, 6) is 0. The Balaban J connectivity index is 3.00. The van der Waals surface area contributed by atoms with Crippen LogP contribution in [-0.2, 0) is 4.74 Å². The molecule has 0 aliphatic heterocycles. The minimum absolute atomic E-state index is 0.0987. The van der Waals surface area contributed by atoms with Gasteiger partial charge in [-0.3, -0.25) is 0 Å². The van der Waals surface area contributed by atoms with Crippen molar-refractivity contribution in [3.63, 3.8) is 0 Å². The van der Waals surface area contributed by atoms with Crippen molar-refractivity contribution in [2.45, 2.75) is 13.3 Å². The predicted octanol–water partition coefficient (Wildman–Crippen LogP) is 1.12. The van der Waals surface area contributed by atoms with Crippen LogP contribution in [0, 0.1) is 0 Å². The summed E-state index contributed by atoms with van der Waals surface area (Å²) in [6.07, 6.45) is 0.954. The summed E-state index contributed by atoms with van der Waals surface area (Å²) >= 11 is 5.48. The third-order valence-corrected chi connectivity index (χ3v) is 1.84. The standard InChI is InChI=1S/C9H18ClNO2/c1-9(7-10)8-11-3-2-5-13-6-4-12/h7,11-12H,2-6,8H2,1H3. The minimum atomic E-state index is 0.0987. The van der Waals surface area contributed by atoms with Gasteiger partial charge in [-0.05, 0) is 25.5 Å². The zero-order chi connectivity index (χ0) is 9.94. The quantitative estimate of drug-likeness (QED) is 0.587. The van der Waals surface area contributed by atoms with Crippen LogP contribution in [0.4, 0.5) is 0 Å². The lowest BCUT2D eigenvalue weighted by Gasteiger charge is -2.04. The molecule has 0 amide bonds. The smallest absolute Gasteiger partial charge is 0.0697 e. The van der Waals surface area contributed by atoms with Crippen molar-refractivity contribution in [3.05, 3.63) is 11.1 Å². The van der Waals surface area contributed by atoms with E-state index in [2.05, 4.69) is 5.32 Å². The molecule has 3 nitrogen and oxygen atoms in total. The number of nitrogens with one attached hydrogen (secondary N) is 1. The van der Waals surface area contributed by atoms with E-state index in [1.807, 2.05) is 6.92 Å². The number of aliphatic hydroxyl groups is 1. The molecular weight excluding hydrogens is 190 g/mol. The van der Waals surface area contributed by atoms with E-state index in [0.717, 1.165) is 25.1 Å². The van der Waals surface area contributed by atoms with Crippen LogP contribution in [0.1, 0.15) is 13.3 Å². The fourth-order valence-corrected chi connectivity index (χ4v) is 0.867. The molecule has 0 aliphatic carbocycles. The minimum Gasteiger partial charge on any atom is -0.394 e. The van der Waals surface area contributed by atoms with Crippen molar-refractivity contribution < 1.29 is 9.84 Å². The molecule has 78 valence electrons.